The Bertz CT molecular complexity index is 634. The van der Waals surface area contributed by atoms with Crippen LogP contribution < -0.4 is 10.6 Å². The summed E-state index contributed by atoms with van der Waals surface area (Å²) in [5, 5.41) is 15.4. The highest BCUT2D eigenvalue weighted by molar-refractivity contribution is 5.82. The molecule has 2 rings (SSSR count). The molecule has 0 aromatic heterocycles. The summed E-state index contributed by atoms with van der Waals surface area (Å²) in [7, 11) is 0. The van der Waals surface area contributed by atoms with Crippen LogP contribution in [0.5, 0.6) is 0 Å². The second-order valence-corrected chi connectivity index (χ2v) is 8.07. The molecule has 144 valence electrons. The molecule has 0 spiro atoms. The van der Waals surface area contributed by atoms with Gasteiger partial charge in [-0.15, -0.1) is 0 Å². The van der Waals surface area contributed by atoms with Gasteiger partial charge in [-0.3, -0.25) is 9.59 Å². The highest BCUT2D eigenvalue weighted by atomic mass is 19.1. The molecule has 2 amide bonds. The predicted molar refractivity (Wildman–Crippen MR) is 97.7 cm³/mol. The van der Waals surface area contributed by atoms with Gasteiger partial charge in [0.05, 0.1) is 12.6 Å². The van der Waals surface area contributed by atoms with Gasteiger partial charge in [0, 0.05) is 17.4 Å². The van der Waals surface area contributed by atoms with Crippen molar-refractivity contribution in [1.29, 1.82) is 0 Å². The molecular weight excluding hydrogens is 335 g/mol. The largest absolute Gasteiger partial charge is 0.394 e. The fraction of sp³-hybridized carbons (Fsp3) is 0.600. The Balaban J connectivity index is 1.87. The first-order valence-corrected chi connectivity index (χ1v) is 9.18. The number of halogens is 1. The van der Waals surface area contributed by atoms with Crippen molar-refractivity contribution >= 4 is 11.8 Å². The predicted octanol–water partition coefficient (Wildman–Crippen LogP) is 2.70. The van der Waals surface area contributed by atoms with Gasteiger partial charge in [-0.25, -0.2) is 4.39 Å². The summed E-state index contributed by atoms with van der Waals surface area (Å²) in [5.41, 5.74) is 0.125. The van der Waals surface area contributed by atoms with Crippen molar-refractivity contribution in [2.75, 3.05) is 6.61 Å². The maximum atomic E-state index is 13.4. The van der Waals surface area contributed by atoms with Crippen molar-refractivity contribution in [1.82, 2.24) is 10.6 Å². The Kier molecular flexibility index (Phi) is 6.75. The second kappa shape index (κ2) is 8.62. The lowest BCUT2D eigenvalue weighted by Crippen LogP contribution is -2.45. The van der Waals surface area contributed by atoms with Crippen LogP contribution in [0.3, 0.4) is 0 Å². The summed E-state index contributed by atoms with van der Waals surface area (Å²) in [6, 6.07) is 5.37. The molecule has 1 fully saturated rings. The Morgan fingerprint density at radius 3 is 2.42 bits per heavy atom. The first kappa shape index (κ1) is 20.4. The molecule has 1 atom stereocenters. The van der Waals surface area contributed by atoms with Crippen molar-refractivity contribution in [2.45, 2.75) is 58.5 Å². The van der Waals surface area contributed by atoms with Gasteiger partial charge in [0.2, 0.25) is 11.8 Å². The van der Waals surface area contributed by atoms with E-state index >= 15 is 0 Å². The SMILES string of the molecule is CC(C)(C)C(=O)NC1CCC(C(=O)NC(CO)c2cccc(F)c2)CC1. The van der Waals surface area contributed by atoms with Gasteiger partial charge in [0.1, 0.15) is 5.82 Å². The minimum Gasteiger partial charge on any atom is -0.394 e. The number of hydrogen-bond donors (Lipinski definition) is 3. The van der Waals surface area contributed by atoms with Crippen LogP contribution in [0.25, 0.3) is 0 Å². The number of carbonyl (C=O) groups is 2. The Morgan fingerprint density at radius 1 is 1.23 bits per heavy atom. The highest BCUT2D eigenvalue weighted by Crippen LogP contribution is 2.26. The Morgan fingerprint density at radius 2 is 1.88 bits per heavy atom. The molecular formula is C20H29FN2O3. The third-order valence-corrected chi connectivity index (χ3v) is 4.86. The van der Waals surface area contributed by atoms with E-state index in [1.54, 1.807) is 12.1 Å². The molecule has 3 N–H and O–H groups in total. The number of nitrogens with one attached hydrogen (secondary N) is 2. The van der Waals surface area contributed by atoms with Crippen LogP contribution >= 0.6 is 0 Å². The average molecular weight is 364 g/mol. The first-order chi connectivity index (χ1) is 12.2. The van der Waals surface area contributed by atoms with Crippen LogP contribution in [-0.4, -0.2) is 29.6 Å². The van der Waals surface area contributed by atoms with E-state index in [-0.39, 0.29) is 30.4 Å². The fourth-order valence-electron chi connectivity index (χ4n) is 3.15. The van der Waals surface area contributed by atoms with E-state index in [1.165, 1.54) is 12.1 Å². The first-order valence-electron chi connectivity index (χ1n) is 9.18. The Labute approximate surface area is 154 Å². The summed E-state index contributed by atoms with van der Waals surface area (Å²) < 4.78 is 13.4. The maximum Gasteiger partial charge on any atom is 0.225 e. The molecule has 0 saturated heterocycles. The number of aliphatic hydroxyl groups is 1. The van der Waals surface area contributed by atoms with E-state index in [1.807, 2.05) is 20.8 Å². The zero-order chi connectivity index (χ0) is 19.3. The fourth-order valence-corrected chi connectivity index (χ4v) is 3.15. The molecule has 1 aromatic rings. The quantitative estimate of drug-likeness (QED) is 0.752. The zero-order valence-corrected chi connectivity index (χ0v) is 15.7. The molecule has 0 aliphatic heterocycles. The van der Waals surface area contributed by atoms with Crippen LogP contribution in [0.1, 0.15) is 58.1 Å². The molecule has 6 heteroatoms. The molecule has 1 aliphatic carbocycles. The van der Waals surface area contributed by atoms with Gasteiger partial charge < -0.3 is 15.7 Å². The van der Waals surface area contributed by atoms with Crippen LogP contribution in [-0.2, 0) is 9.59 Å². The zero-order valence-electron chi connectivity index (χ0n) is 15.7. The third-order valence-electron chi connectivity index (χ3n) is 4.86. The topological polar surface area (TPSA) is 78.4 Å². The van der Waals surface area contributed by atoms with E-state index < -0.39 is 17.3 Å². The van der Waals surface area contributed by atoms with Crippen molar-refractivity contribution in [3.05, 3.63) is 35.6 Å². The molecule has 1 saturated carbocycles. The molecule has 0 heterocycles. The third kappa shape index (κ3) is 5.53. The van der Waals surface area contributed by atoms with Gasteiger partial charge in [-0.1, -0.05) is 32.9 Å². The van der Waals surface area contributed by atoms with E-state index in [0.717, 1.165) is 12.8 Å². The summed E-state index contributed by atoms with van der Waals surface area (Å²) in [4.78, 5) is 24.6. The molecule has 1 aliphatic rings. The highest BCUT2D eigenvalue weighted by Gasteiger charge is 2.30. The number of hydrogen-bond acceptors (Lipinski definition) is 3. The van der Waals surface area contributed by atoms with E-state index in [0.29, 0.717) is 18.4 Å². The molecule has 1 unspecified atom stereocenters. The van der Waals surface area contributed by atoms with Crippen LogP contribution in [0, 0.1) is 17.2 Å². The van der Waals surface area contributed by atoms with Crippen LogP contribution in [0.15, 0.2) is 24.3 Å². The monoisotopic (exact) mass is 364 g/mol. The lowest BCUT2D eigenvalue weighted by atomic mass is 9.84. The van der Waals surface area contributed by atoms with Gasteiger partial charge >= 0.3 is 0 Å². The minimum absolute atomic E-state index is 0.0249. The van der Waals surface area contributed by atoms with E-state index in [4.69, 9.17) is 0 Å². The van der Waals surface area contributed by atoms with Crippen molar-refractivity contribution in [3.8, 4) is 0 Å². The van der Waals surface area contributed by atoms with Crippen LogP contribution in [0.2, 0.25) is 0 Å². The standard InChI is InChI=1S/C20H29FN2O3/c1-20(2,3)19(26)22-16-9-7-13(8-10-16)18(25)23-17(12-24)14-5-4-6-15(21)11-14/h4-6,11,13,16-17,24H,7-10,12H2,1-3H3,(H,22,26)(H,23,25). The van der Waals surface area contributed by atoms with Crippen molar-refractivity contribution in [3.63, 3.8) is 0 Å². The summed E-state index contributed by atoms with van der Waals surface area (Å²) in [6.45, 7) is 5.35. The number of aliphatic hydroxyl groups excluding tert-OH is 1. The number of carbonyl (C=O) groups excluding carboxylic acids is 2. The summed E-state index contributed by atoms with van der Waals surface area (Å²) >= 11 is 0. The normalized spacial score (nSPS) is 21.7. The van der Waals surface area contributed by atoms with Crippen LogP contribution in [0.4, 0.5) is 4.39 Å². The summed E-state index contributed by atoms with van der Waals surface area (Å²) in [5.74, 6) is -0.656. The lowest BCUT2D eigenvalue weighted by molar-refractivity contribution is -0.129. The Hall–Kier alpha value is -1.95. The second-order valence-electron chi connectivity index (χ2n) is 8.07. The average Bonchev–Trinajstić information content (AvgIpc) is 2.59. The van der Waals surface area contributed by atoms with E-state index in [2.05, 4.69) is 10.6 Å². The molecule has 26 heavy (non-hydrogen) atoms. The van der Waals surface area contributed by atoms with Gasteiger partial charge in [0.15, 0.2) is 0 Å². The van der Waals surface area contributed by atoms with E-state index in [9.17, 15) is 19.1 Å². The molecule has 1 aromatic carbocycles. The van der Waals surface area contributed by atoms with Crippen molar-refractivity contribution in [2.24, 2.45) is 11.3 Å². The minimum atomic E-state index is -0.614. The van der Waals surface area contributed by atoms with Crippen molar-refractivity contribution < 1.29 is 19.1 Å². The number of rotatable bonds is 5. The van der Waals surface area contributed by atoms with Gasteiger partial charge in [-0.05, 0) is 43.4 Å². The molecule has 0 bridgehead atoms. The smallest absolute Gasteiger partial charge is 0.225 e. The maximum absolute atomic E-state index is 13.4. The van der Waals surface area contributed by atoms with Gasteiger partial charge in [-0.2, -0.15) is 0 Å². The summed E-state index contributed by atoms with van der Waals surface area (Å²) in [6.07, 6.45) is 2.87. The van der Waals surface area contributed by atoms with Gasteiger partial charge in [0.25, 0.3) is 0 Å². The molecule has 0 radical (unpaired) electrons. The molecule has 5 nitrogen and oxygen atoms in total. The number of amides is 2. The number of benzene rings is 1. The lowest BCUT2D eigenvalue weighted by Gasteiger charge is -2.31.